The second kappa shape index (κ2) is 6.91. The zero-order chi connectivity index (χ0) is 14.4. The summed E-state index contributed by atoms with van der Waals surface area (Å²) in [5, 5.41) is 8.95. The Hall–Kier alpha value is -2.08. The van der Waals surface area contributed by atoms with E-state index in [1.165, 1.54) is 23.3 Å². The number of aliphatic carboxylic acids is 1. The highest BCUT2D eigenvalue weighted by Crippen LogP contribution is 2.15. The second-order valence-corrected chi connectivity index (χ2v) is 4.55. The van der Waals surface area contributed by atoms with Crippen molar-refractivity contribution in [2.75, 3.05) is 19.8 Å². The third-order valence-electron chi connectivity index (χ3n) is 3.15. The van der Waals surface area contributed by atoms with Crippen LogP contribution in [0.5, 0.6) is 0 Å². The van der Waals surface area contributed by atoms with Gasteiger partial charge in [-0.3, -0.25) is 9.59 Å². The molecule has 0 spiro atoms. The smallest absolute Gasteiger partial charge is 0.323 e. The molecule has 1 amide bonds. The number of amides is 1. The van der Waals surface area contributed by atoms with Crippen LogP contribution < -0.4 is 0 Å². The SMILES string of the molecule is O=C(O)CN(C(=O)C=Cc1ccco1)C1CCOCC1. The monoisotopic (exact) mass is 279 g/mol. The number of carboxylic acids is 1. The van der Waals surface area contributed by atoms with Crippen molar-refractivity contribution >= 4 is 18.0 Å². The average Bonchev–Trinajstić information content (AvgIpc) is 2.96. The number of carbonyl (C=O) groups excluding carboxylic acids is 1. The summed E-state index contributed by atoms with van der Waals surface area (Å²) in [4.78, 5) is 24.5. The van der Waals surface area contributed by atoms with Gasteiger partial charge in [0.2, 0.25) is 5.91 Å². The third kappa shape index (κ3) is 3.96. The van der Waals surface area contributed by atoms with Crippen LogP contribution in [0.4, 0.5) is 0 Å². The molecule has 0 saturated carbocycles. The molecule has 108 valence electrons. The highest BCUT2D eigenvalue weighted by molar-refractivity contribution is 5.93. The standard InChI is InChI=1S/C14H17NO5/c16-13(4-3-12-2-1-7-20-12)15(10-14(17)18)11-5-8-19-9-6-11/h1-4,7,11H,5-6,8-10H2,(H,17,18). The quantitative estimate of drug-likeness (QED) is 0.824. The minimum atomic E-state index is -1.02. The molecule has 6 heteroatoms. The fourth-order valence-corrected chi connectivity index (χ4v) is 2.16. The van der Waals surface area contributed by atoms with Crippen molar-refractivity contribution in [1.82, 2.24) is 4.90 Å². The maximum absolute atomic E-state index is 12.2. The lowest BCUT2D eigenvalue weighted by Crippen LogP contribution is -2.45. The van der Waals surface area contributed by atoms with E-state index in [0.29, 0.717) is 31.8 Å². The molecule has 6 nitrogen and oxygen atoms in total. The fourth-order valence-electron chi connectivity index (χ4n) is 2.16. The summed E-state index contributed by atoms with van der Waals surface area (Å²) in [6.45, 7) is 0.803. The summed E-state index contributed by atoms with van der Waals surface area (Å²) in [7, 11) is 0. The van der Waals surface area contributed by atoms with Gasteiger partial charge in [0.05, 0.1) is 6.26 Å². The van der Waals surface area contributed by atoms with E-state index in [1.807, 2.05) is 0 Å². The highest BCUT2D eigenvalue weighted by Gasteiger charge is 2.26. The van der Waals surface area contributed by atoms with Gasteiger partial charge in [-0.25, -0.2) is 0 Å². The molecule has 1 fully saturated rings. The summed E-state index contributed by atoms with van der Waals surface area (Å²) in [6, 6.07) is 3.35. The largest absolute Gasteiger partial charge is 0.480 e. The molecular weight excluding hydrogens is 262 g/mol. The van der Waals surface area contributed by atoms with Crippen molar-refractivity contribution in [3.8, 4) is 0 Å². The van der Waals surface area contributed by atoms with Crippen LogP contribution in [0.15, 0.2) is 28.9 Å². The van der Waals surface area contributed by atoms with Gasteiger partial charge in [-0.05, 0) is 31.1 Å². The fraction of sp³-hybridized carbons (Fsp3) is 0.429. The number of carbonyl (C=O) groups is 2. The first-order valence-corrected chi connectivity index (χ1v) is 6.48. The minimum absolute atomic E-state index is 0.0893. The molecule has 0 aliphatic carbocycles. The van der Waals surface area contributed by atoms with E-state index in [9.17, 15) is 9.59 Å². The van der Waals surface area contributed by atoms with Gasteiger partial charge in [0.25, 0.3) is 0 Å². The van der Waals surface area contributed by atoms with E-state index in [2.05, 4.69) is 0 Å². The molecule has 1 aliphatic rings. The number of hydrogen-bond acceptors (Lipinski definition) is 4. The van der Waals surface area contributed by atoms with Gasteiger partial charge in [0.1, 0.15) is 12.3 Å². The average molecular weight is 279 g/mol. The van der Waals surface area contributed by atoms with Crippen LogP contribution in [-0.2, 0) is 14.3 Å². The first-order valence-electron chi connectivity index (χ1n) is 6.48. The topological polar surface area (TPSA) is 80.0 Å². The summed E-state index contributed by atoms with van der Waals surface area (Å²) in [6.07, 6.45) is 5.71. The van der Waals surface area contributed by atoms with Crippen molar-refractivity contribution in [2.45, 2.75) is 18.9 Å². The Balaban J connectivity index is 2.04. The highest BCUT2D eigenvalue weighted by atomic mass is 16.5. The summed E-state index contributed by atoms with van der Waals surface area (Å²) in [5.74, 6) is -0.785. The minimum Gasteiger partial charge on any atom is -0.480 e. The molecule has 2 rings (SSSR count). The number of furan rings is 1. The first kappa shape index (κ1) is 14.3. The lowest BCUT2D eigenvalue weighted by molar-refractivity contribution is -0.145. The molecule has 20 heavy (non-hydrogen) atoms. The molecule has 1 aromatic rings. The predicted octanol–water partition coefficient (Wildman–Crippen LogP) is 1.39. The van der Waals surface area contributed by atoms with Gasteiger partial charge in [-0.15, -0.1) is 0 Å². The van der Waals surface area contributed by atoms with E-state index >= 15 is 0 Å². The zero-order valence-corrected chi connectivity index (χ0v) is 11.0. The van der Waals surface area contributed by atoms with E-state index in [-0.39, 0.29) is 18.5 Å². The van der Waals surface area contributed by atoms with Crippen LogP contribution in [0.1, 0.15) is 18.6 Å². The van der Waals surface area contributed by atoms with Crippen molar-refractivity contribution in [3.63, 3.8) is 0 Å². The van der Waals surface area contributed by atoms with Crippen LogP contribution >= 0.6 is 0 Å². The summed E-state index contributed by atoms with van der Waals surface area (Å²) < 4.78 is 10.3. The number of hydrogen-bond donors (Lipinski definition) is 1. The lowest BCUT2D eigenvalue weighted by Gasteiger charge is -2.32. The van der Waals surface area contributed by atoms with Crippen molar-refractivity contribution in [1.29, 1.82) is 0 Å². The third-order valence-corrected chi connectivity index (χ3v) is 3.15. The molecule has 1 saturated heterocycles. The van der Waals surface area contributed by atoms with Gasteiger partial charge in [-0.2, -0.15) is 0 Å². The maximum Gasteiger partial charge on any atom is 0.323 e. The van der Waals surface area contributed by atoms with Crippen LogP contribution in [0.25, 0.3) is 6.08 Å². The first-order chi connectivity index (χ1) is 9.66. The van der Waals surface area contributed by atoms with Crippen LogP contribution in [0.3, 0.4) is 0 Å². The number of ether oxygens (including phenoxy) is 1. The van der Waals surface area contributed by atoms with E-state index in [4.69, 9.17) is 14.3 Å². The molecule has 1 aliphatic heterocycles. The molecule has 0 unspecified atom stereocenters. The van der Waals surface area contributed by atoms with E-state index in [1.54, 1.807) is 12.1 Å². The summed E-state index contributed by atoms with van der Waals surface area (Å²) >= 11 is 0. The number of nitrogens with zero attached hydrogens (tertiary/aromatic N) is 1. The van der Waals surface area contributed by atoms with E-state index < -0.39 is 5.97 Å². The molecular formula is C14H17NO5. The van der Waals surface area contributed by atoms with Crippen LogP contribution in [-0.4, -0.2) is 47.7 Å². The Bertz CT molecular complexity index is 474. The van der Waals surface area contributed by atoms with Crippen molar-refractivity contribution in [2.24, 2.45) is 0 Å². The van der Waals surface area contributed by atoms with Gasteiger partial charge in [0.15, 0.2) is 0 Å². The Labute approximate surface area is 116 Å². The van der Waals surface area contributed by atoms with Crippen LogP contribution in [0, 0.1) is 0 Å². The van der Waals surface area contributed by atoms with Crippen LogP contribution in [0.2, 0.25) is 0 Å². The molecule has 1 aromatic heterocycles. The Kier molecular flexibility index (Phi) is 4.95. The number of carboxylic acid groups (broad SMARTS) is 1. The summed E-state index contributed by atoms with van der Waals surface area (Å²) in [5.41, 5.74) is 0. The molecule has 0 atom stereocenters. The zero-order valence-electron chi connectivity index (χ0n) is 11.0. The lowest BCUT2D eigenvalue weighted by atomic mass is 10.1. The predicted molar refractivity (Wildman–Crippen MR) is 70.9 cm³/mol. The molecule has 2 heterocycles. The van der Waals surface area contributed by atoms with Gasteiger partial charge < -0.3 is 19.2 Å². The number of rotatable bonds is 5. The normalized spacial score (nSPS) is 16.4. The molecule has 0 aromatic carbocycles. The Morgan fingerprint density at radius 1 is 1.40 bits per heavy atom. The molecule has 0 radical (unpaired) electrons. The van der Waals surface area contributed by atoms with Crippen molar-refractivity contribution < 1.29 is 23.8 Å². The van der Waals surface area contributed by atoms with E-state index in [0.717, 1.165) is 0 Å². The molecule has 1 N–H and O–H groups in total. The van der Waals surface area contributed by atoms with Gasteiger partial charge in [-0.1, -0.05) is 0 Å². The molecule has 0 bridgehead atoms. The second-order valence-electron chi connectivity index (χ2n) is 4.55. The van der Waals surface area contributed by atoms with Gasteiger partial charge >= 0.3 is 5.97 Å². The Morgan fingerprint density at radius 2 is 2.15 bits per heavy atom. The van der Waals surface area contributed by atoms with Gasteiger partial charge in [0, 0.05) is 25.3 Å². The maximum atomic E-state index is 12.2. The Morgan fingerprint density at radius 3 is 2.75 bits per heavy atom. The van der Waals surface area contributed by atoms with Crippen molar-refractivity contribution in [3.05, 3.63) is 30.2 Å².